The van der Waals surface area contributed by atoms with E-state index in [0.29, 0.717) is 44.2 Å². The van der Waals surface area contributed by atoms with Gasteiger partial charge in [-0.3, -0.25) is 0 Å². The summed E-state index contributed by atoms with van der Waals surface area (Å²) in [4.78, 5) is 16.0. The highest BCUT2D eigenvalue weighted by atomic mass is 19.1. The van der Waals surface area contributed by atoms with Crippen molar-refractivity contribution < 1.29 is 18.7 Å². The van der Waals surface area contributed by atoms with Crippen LogP contribution in [0.15, 0.2) is 18.2 Å². The molecule has 25 heavy (non-hydrogen) atoms. The van der Waals surface area contributed by atoms with Crippen molar-refractivity contribution >= 4 is 17.4 Å². The third kappa shape index (κ3) is 4.41. The zero-order valence-electron chi connectivity index (χ0n) is 15.0. The van der Waals surface area contributed by atoms with Gasteiger partial charge in [0.25, 0.3) is 0 Å². The third-order valence-corrected chi connectivity index (χ3v) is 4.49. The molecule has 0 aromatic heterocycles. The van der Waals surface area contributed by atoms with Gasteiger partial charge >= 0.3 is 6.03 Å². The van der Waals surface area contributed by atoms with Gasteiger partial charge in [-0.1, -0.05) is 0 Å². The second-order valence-electron chi connectivity index (χ2n) is 6.89. The summed E-state index contributed by atoms with van der Waals surface area (Å²) < 4.78 is 25.7. The number of halogens is 1. The molecule has 6 nitrogen and oxygen atoms in total. The molecular formula is C18H26FN3O3. The lowest BCUT2D eigenvalue weighted by Crippen LogP contribution is -2.46. The summed E-state index contributed by atoms with van der Waals surface area (Å²) in [5.74, 6) is -0.338. The van der Waals surface area contributed by atoms with Crippen molar-refractivity contribution in [2.24, 2.45) is 0 Å². The molecule has 138 valence electrons. The molecule has 1 aromatic rings. The highest BCUT2D eigenvalue weighted by Crippen LogP contribution is 2.26. The maximum absolute atomic E-state index is 14.6. The second kappa shape index (κ2) is 7.58. The van der Waals surface area contributed by atoms with Gasteiger partial charge in [-0.15, -0.1) is 0 Å². The number of morpholine rings is 2. The number of amides is 2. The van der Waals surface area contributed by atoms with Crippen LogP contribution in [0.2, 0.25) is 0 Å². The van der Waals surface area contributed by atoms with E-state index in [9.17, 15) is 9.18 Å². The summed E-state index contributed by atoms with van der Waals surface area (Å²) in [6.45, 7) is 8.80. The van der Waals surface area contributed by atoms with Gasteiger partial charge in [0.2, 0.25) is 0 Å². The number of hydrogen-bond donors (Lipinski definition) is 1. The van der Waals surface area contributed by atoms with Crippen LogP contribution in [0.4, 0.5) is 20.6 Å². The van der Waals surface area contributed by atoms with E-state index in [1.807, 2.05) is 25.7 Å². The Morgan fingerprint density at radius 3 is 2.52 bits per heavy atom. The molecule has 2 saturated heterocycles. The van der Waals surface area contributed by atoms with E-state index in [2.05, 4.69) is 5.32 Å². The van der Waals surface area contributed by atoms with Gasteiger partial charge in [0.15, 0.2) is 0 Å². The summed E-state index contributed by atoms with van der Waals surface area (Å²) in [6, 6.07) is 4.61. The van der Waals surface area contributed by atoms with E-state index in [0.717, 1.165) is 0 Å². The first-order chi connectivity index (χ1) is 11.9. The monoisotopic (exact) mass is 351 g/mol. The Balaban J connectivity index is 1.66. The number of rotatable bonds is 2. The lowest BCUT2D eigenvalue weighted by Gasteiger charge is -2.37. The van der Waals surface area contributed by atoms with Gasteiger partial charge in [0, 0.05) is 31.9 Å². The standard InChI is InChI=1S/C18H26FN3O3/c1-12-9-21(6-7-24-12)18(23)20-15-4-5-17(16(19)8-15)22-10-13(2)25-14(3)11-22/h4-5,8,12-14H,6-7,9-11H2,1-3H3,(H,20,23). The number of benzene rings is 1. The average molecular weight is 351 g/mol. The average Bonchev–Trinajstić information content (AvgIpc) is 2.54. The number of nitrogens with one attached hydrogen (secondary N) is 1. The molecule has 0 spiro atoms. The van der Waals surface area contributed by atoms with Crippen LogP contribution in [0.1, 0.15) is 20.8 Å². The largest absolute Gasteiger partial charge is 0.375 e. The highest BCUT2D eigenvalue weighted by Gasteiger charge is 2.25. The van der Waals surface area contributed by atoms with Crippen molar-refractivity contribution in [1.82, 2.24) is 4.90 Å². The maximum Gasteiger partial charge on any atom is 0.322 e. The van der Waals surface area contributed by atoms with Crippen LogP contribution >= 0.6 is 0 Å². The minimum absolute atomic E-state index is 0.0175. The van der Waals surface area contributed by atoms with Crippen molar-refractivity contribution in [2.75, 3.05) is 43.0 Å². The van der Waals surface area contributed by atoms with Crippen molar-refractivity contribution in [3.63, 3.8) is 0 Å². The van der Waals surface area contributed by atoms with E-state index < -0.39 is 0 Å². The third-order valence-electron chi connectivity index (χ3n) is 4.49. The molecular weight excluding hydrogens is 325 g/mol. The normalized spacial score (nSPS) is 27.3. The zero-order valence-corrected chi connectivity index (χ0v) is 15.0. The first-order valence-electron chi connectivity index (χ1n) is 8.80. The van der Waals surface area contributed by atoms with Crippen molar-refractivity contribution in [3.8, 4) is 0 Å². The molecule has 2 aliphatic heterocycles. The Bertz CT molecular complexity index is 618. The zero-order chi connectivity index (χ0) is 18.0. The molecule has 2 aliphatic rings. The van der Waals surface area contributed by atoms with Gasteiger partial charge in [-0.25, -0.2) is 9.18 Å². The summed E-state index contributed by atoms with van der Waals surface area (Å²) in [7, 11) is 0. The molecule has 3 unspecified atom stereocenters. The summed E-state index contributed by atoms with van der Waals surface area (Å²) in [5.41, 5.74) is 1.000. The number of ether oxygens (including phenoxy) is 2. The number of carbonyl (C=O) groups excluding carboxylic acids is 1. The Labute approximate surface area is 147 Å². The highest BCUT2D eigenvalue weighted by molar-refractivity contribution is 5.89. The molecule has 7 heteroatoms. The fraction of sp³-hybridized carbons (Fsp3) is 0.611. The van der Waals surface area contributed by atoms with E-state index in [1.165, 1.54) is 6.07 Å². The molecule has 2 fully saturated rings. The van der Waals surface area contributed by atoms with Crippen LogP contribution in [-0.2, 0) is 9.47 Å². The number of urea groups is 1. The quantitative estimate of drug-likeness (QED) is 0.890. The Kier molecular flexibility index (Phi) is 5.44. The Morgan fingerprint density at radius 2 is 1.88 bits per heavy atom. The van der Waals surface area contributed by atoms with E-state index >= 15 is 0 Å². The minimum Gasteiger partial charge on any atom is -0.375 e. The molecule has 0 radical (unpaired) electrons. The van der Waals surface area contributed by atoms with Crippen LogP contribution in [0.5, 0.6) is 0 Å². The van der Waals surface area contributed by atoms with Gasteiger partial charge in [-0.2, -0.15) is 0 Å². The lowest BCUT2D eigenvalue weighted by atomic mass is 10.2. The molecule has 0 aliphatic carbocycles. The van der Waals surface area contributed by atoms with Crippen LogP contribution in [-0.4, -0.2) is 62.0 Å². The minimum atomic E-state index is -0.338. The molecule has 0 saturated carbocycles. The van der Waals surface area contributed by atoms with E-state index in [-0.39, 0.29) is 30.2 Å². The predicted molar refractivity (Wildman–Crippen MR) is 94.6 cm³/mol. The molecule has 2 heterocycles. The van der Waals surface area contributed by atoms with Gasteiger partial charge in [0.1, 0.15) is 5.82 Å². The molecule has 1 aromatic carbocycles. The van der Waals surface area contributed by atoms with Crippen LogP contribution < -0.4 is 10.2 Å². The Morgan fingerprint density at radius 1 is 1.16 bits per heavy atom. The Hall–Kier alpha value is -1.86. The molecule has 2 amide bonds. The summed E-state index contributed by atoms with van der Waals surface area (Å²) in [6.07, 6.45) is 0.139. The SMILES string of the molecule is CC1CN(C(=O)Nc2ccc(N3CC(C)OC(C)C3)c(F)c2)CCO1. The first kappa shape index (κ1) is 17.9. The smallest absolute Gasteiger partial charge is 0.322 e. The summed E-state index contributed by atoms with van der Waals surface area (Å²) in [5, 5.41) is 2.77. The van der Waals surface area contributed by atoms with Crippen LogP contribution in [0.3, 0.4) is 0 Å². The van der Waals surface area contributed by atoms with Gasteiger partial charge < -0.3 is 24.6 Å². The van der Waals surface area contributed by atoms with E-state index in [4.69, 9.17) is 9.47 Å². The van der Waals surface area contributed by atoms with Crippen LogP contribution in [0, 0.1) is 5.82 Å². The predicted octanol–water partition coefficient (Wildman–Crippen LogP) is 2.69. The maximum atomic E-state index is 14.6. The fourth-order valence-electron chi connectivity index (χ4n) is 3.42. The van der Waals surface area contributed by atoms with Crippen molar-refractivity contribution in [2.45, 2.75) is 39.1 Å². The number of anilines is 2. The molecule has 1 N–H and O–H groups in total. The molecule has 0 bridgehead atoms. The number of nitrogens with zero attached hydrogens (tertiary/aromatic N) is 2. The number of hydrogen-bond acceptors (Lipinski definition) is 4. The van der Waals surface area contributed by atoms with Crippen molar-refractivity contribution in [1.29, 1.82) is 0 Å². The molecule has 3 rings (SSSR count). The fourth-order valence-corrected chi connectivity index (χ4v) is 3.42. The van der Waals surface area contributed by atoms with Crippen LogP contribution in [0.25, 0.3) is 0 Å². The van der Waals surface area contributed by atoms with Crippen molar-refractivity contribution in [3.05, 3.63) is 24.0 Å². The summed E-state index contributed by atoms with van der Waals surface area (Å²) >= 11 is 0. The molecule has 3 atom stereocenters. The first-order valence-corrected chi connectivity index (χ1v) is 8.80. The second-order valence-corrected chi connectivity index (χ2v) is 6.89. The lowest BCUT2D eigenvalue weighted by molar-refractivity contribution is -0.00539. The topological polar surface area (TPSA) is 54.0 Å². The van der Waals surface area contributed by atoms with E-state index in [1.54, 1.807) is 17.0 Å². The van der Waals surface area contributed by atoms with Gasteiger partial charge in [0.05, 0.1) is 30.6 Å². The van der Waals surface area contributed by atoms with Gasteiger partial charge in [-0.05, 0) is 39.0 Å². The number of carbonyl (C=O) groups is 1.